The van der Waals surface area contributed by atoms with Crippen molar-refractivity contribution in [3.63, 3.8) is 0 Å². The van der Waals surface area contributed by atoms with Crippen LogP contribution in [0.15, 0.2) is 72.8 Å². The van der Waals surface area contributed by atoms with Gasteiger partial charge < -0.3 is 30.1 Å². The predicted octanol–water partition coefficient (Wildman–Crippen LogP) is 7.22. The zero-order valence-electron chi connectivity index (χ0n) is 29.4. The van der Waals surface area contributed by atoms with Gasteiger partial charge in [-0.1, -0.05) is 93.3 Å². The van der Waals surface area contributed by atoms with Gasteiger partial charge in [-0.25, -0.2) is 0 Å². The van der Waals surface area contributed by atoms with E-state index >= 15 is 0 Å². The number of carbonyl (C=O) groups excluding carboxylic acids is 2. The van der Waals surface area contributed by atoms with Crippen LogP contribution >= 0.6 is 0 Å². The Morgan fingerprint density at radius 1 is 0.796 bits per heavy atom. The van der Waals surface area contributed by atoms with Gasteiger partial charge >= 0.3 is 0 Å². The van der Waals surface area contributed by atoms with Crippen molar-refractivity contribution in [2.75, 3.05) is 26.2 Å². The number of nitrogens with one attached hydrogen (secondary N) is 2. The fourth-order valence-corrected chi connectivity index (χ4v) is 6.94. The molecule has 2 aliphatic heterocycles. The van der Waals surface area contributed by atoms with E-state index < -0.39 is 6.29 Å². The summed E-state index contributed by atoms with van der Waals surface area (Å²) in [7, 11) is 0. The molecule has 2 fully saturated rings. The maximum Gasteiger partial charge on any atom is 0.220 e. The minimum atomic E-state index is -0.515. The number of hydrogen-bond donors (Lipinski definition) is 3. The van der Waals surface area contributed by atoms with Crippen molar-refractivity contribution in [1.29, 1.82) is 0 Å². The number of carbonyl (C=O) groups is 2. The van der Waals surface area contributed by atoms with Crippen molar-refractivity contribution >= 4 is 11.8 Å². The maximum atomic E-state index is 12.5. The van der Waals surface area contributed by atoms with Gasteiger partial charge in [-0.05, 0) is 78.7 Å². The van der Waals surface area contributed by atoms with Crippen LogP contribution in [0.5, 0.6) is 0 Å². The number of aliphatic hydroxyl groups is 1. The van der Waals surface area contributed by atoms with E-state index in [1.54, 1.807) is 0 Å². The van der Waals surface area contributed by atoms with Crippen LogP contribution in [-0.2, 0) is 32.2 Å². The van der Waals surface area contributed by atoms with Crippen LogP contribution in [-0.4, -0.2) is 54.1 Å². The van der Waals surface area contributed by atoms with Crippen molar-refractivity contribution in [1.82, 2.24) is 15.5 Å². The van der Waals surface area contributed by atoms with Crippen LogP contribution in [0.2, 0.25) is 0 Å². The molecule has 0 radical (unpaired) electrons. The van der Waals surface area contributed by atoms with Crippen molar-refractivity contribution in [3.8, 4) is 11.1 Å². The van der Waals surface area contributed by atoms with Gasteiger partial charge in [0.15, 0.2) is 6.29 Å². The average molecular weight is 670 g/mol. The lowest BCUT2D eigenvalue weighted by Crippen LogP contribution is -2.45. The van der Waals surface area contributed by atoms with Crippen LogP contribution in [0.3, 0.4) is 0 Å². The highest BCUT2D eigenvalue weighted by molar-refractivity contribution is 5.76. The molecule has 0 spiro atoms. The SMILES string of the molecule is CC(=O)NCCCCCC(=O)NCc1cccc(-c2cccc([C@H]3O[C@@H](CN4CCCCCCC4)[C@@H](C)[C@@H](c4ccc(CO)cc4)O3)c2)c1. The first kappa shape index (κ1) is 36.7. The van der Waals surface area contributed by atoms with E-state index in [1.165, 1.54) is 39.0 Å². The van der Waals surface area contributed by atoms with Gasteiger partial charge in [0.1, 0.15) is 0 Å². The van der Waals surface area contributed by atoms with E-state index in [-0.39, 0.29) is 36.5 Å². The number of rotatable bonds is 14. The van der Waals surface area contributed by atoms with E-state index in [2.05, 4.69) is 71.0 Å². The third kappa shape index (κ3) is 11.2. The largest absolute Gasteiger partial charge is 0.392 e. The lowest BCUT2D eigenvalue weighted by Gasteiger charge is -2.43. The summed E-state index contributed by atoms with van der Waals surface area (Å²) in [6.07, 6.45) is 8.82. The second-order valence-corrected chi connectivity index (χ2v) is 13.8. The molecule has 2 amide bonds. The Balaban J connectivity index is 1.26. The molecule has 0 unspecified atom stereocenters. The average Bonchev–Trinajstić information content (AvgIpc) is 3.11. The number of amides is 2. The topological polar surface area (TPSA) is 100 Å². The highest BCUT2D eigenvalue weighted by atomic mass is 16.7. The summed E-state index contributed by atoms with van der Waals surface area (Å²) < 4.78 is 13.6. The van der Waals surface area contributed by atoms with E-state index in [0.29, 0.717) is 19.5 Å². The second-order valence-electron chi connectivity index (χ2n) is 13.8. The number of nitrogens with zero attached hydrogens (tertiary/aromatic N) is 1. The summed E-state index contributed by atoms with van der Waals surface area (Å²) in [5, 5.41) is 15.5. The number of benzene rings is 3. The minimum absolute atomic E-state index is 0.00787. The Morgan fingerprint density at radius 2 is 1.51 bits per heavy atom. The van der Waals surface area contributed by atoms with Gasteiger partial charge in [-0.15, -0.1) is 0 Å². The standard InChI is InChI=1S/C41H55N3O5/c1-30-38(28-44-23-9-4-3-5-10-24-44)48-41(49-40(30)34-20-18-32(29-45)19-21-34)37-16-12-15-36(26-37)35-14-11-13-33(25-35)27-43-39(47)17-7-6-8-22-42-31(2)46/h11-16,18-21,25-26,30,38,40-41,45H,3-10,17,22-24,27-29H2,1-2H3,(H,42,46)(H,43,47)/t30-,38+,40+,41+/m1/s1. The molecule has 2 heterocycles. The summed E-state index contributed by atoms with van der Waals surface area (Å²) in [5.41, 5.74) is 6.16. The fraction of sp³-hybridized carbons (Fsp3) is 0.512. The van der Waals surface area contributed by atoms with Crippen LogP contribution in [0.1, 0.15) is 106 Å². The van der Waals surface area contributed by atoms with Gasteiger partial charge in [0, 0.05) is 44.5 Å². The summed E-state index contributed by atoms with van der Waals surface area (Å²) >= 11 is 0. The second kappa shape index (κ2) is 19.0. The number of hydrogen-bond acceptors (Lipinski definition) is 6. The highest BCUT2D eigenvalue weighted by Crippen LogP contribution is 2.42. The molecule has 8 heteroatoms. The first-order valence-electron chi connectivity index (χ1n) is 18.3. The Bertz CT molecular complexity index is 1470. The summed E-state index contributed by atoms with van der Waals surface area (Å²) in [4.78, 5) is 26.1. The Kier molecular flexibility index (Phi) is 14.2. The third-order valence-corrected chi connectivity index (χ3v) is 9.87. The third-order valence-electron chi connectivity index (χ3n) is 9.87. The first-order chi connectivity index (χ1) is 23.9. The summed E-state index contributed by atoms with van der Waals surface area (Å²) in [6.45, 7) is 8.01. The van der Waals surface area contributed by atoms with Gasteiger partial charge in [-0.3, -0.25) is 9.59 Å². The molecule has 0 bridgehead atoms. The molecule has 3 aromatic carbocycles. The molecular formula is C41H55N3O5. The van der Waals surface area contributed by atoms with Gasteiger partial charge in [0.05, 0.1) is 18.8 Å². The molecule has 49 heavy (non-hydrogen) atoms. The summed E-state index contributed by atoms with van der Waals surface area (Å²) in [5.74, 6) is 0.175. The normalized spacial score (nSPS) is 21.8. The Labute approximate surface area is 292 Å². The van der Waals surface area contributed by atoms with Gasteiger partial charge in [0.25, 0.3) is 0 Å². The molecule has 2 aliphatic rings. The predicted molar refractivity (Wildman–Crippen MR) is 193 cm³/mol. The quantitative estimate of drug-likeness (QED) is 0.157. The van der Waals surface area contributed by atoms with Crippen molar-refractivity contribution in [2.24, 2.45) is 5.92 Å². The molecule has 0 saturated carbocycles. The number of likely N-dealkylation sites (tertiary alicyclic amines) is 1. The molecular weight excluding hydrogens is 614 g/mol. The molecule has 5 rings (SSSR count). The van der Waals surface area contributed by atoms with Crippen molar-refractivity contribution < 1.29 is 24.2 Å². The Hall–Kier alpha value is -3.56. The maximum absolute atomic E-state index is 12.5. The number of ether oxygens (including phenoxy) is 2. The lowest BCUT2D eigenvalue weighted by atomic mass is 9.89. The molecule has 2 saturated heterocycles. The van der Waals surface area contributed by atoms with Crippen LogP contribution in [0, 0.1) is 5.92 Å². The van der Waals surface area contributed by atoms with Crippen LogP contribution in [0.25, 0.3) is 11.1 Å². The Morgan fingerprint density at radius 3 is 2.24 bits per heavy atom. The van der Waals surface area contributed by atoms with E-state index in [0.717, 1.165) is 72.3 Å². The van der Waals surface area contributed by atoms with Gasteiger partial charge in [0.2, 0.25) is 11.8 Å². The molecule has 264 valence electrons. The molecule has 0 aliphatic carbocycles. The molecule has 3 N–H and O–H groups in total. The van der Waals surface area contributed by atoms with Crippen molar-refractivity contribution in [2.45, 2.75) is 103 Å². The molecule has 4 atom stereocenters. The minimum Gasteiger partial charge on any atom is -0.392 e. The molecule has 0 aromatic heterocycles. The monoisotopic (exact) mass is 669 g/mol. The number of unbranched alkanes of at least 4 members (excludes halogenated alkanes) is 2. The van der Waals surface area contributed by atoms with Crippen LogP contribution in [0.4, 0.5) is 0 Å². The summed E-state index contributed by atoms with van der Waals surface area (Å²) in [6, 6.07) is 24.9. The number of aliphatic hydroxyl groups excluding tert-OH is 1. The van der Waals surface area contributed by atoms with Crippen molar-refractivity contribution in [3.05, 3.63) is 95.1 Å². The zero-order valence-corrected chi connectivity index (χ0v) is 29.4. The highest BCUT2D eigenvalue weighted by Gasteiger charge is 2.39. The molecule has 3 aromatic rings. The van der Waals surface area contributed by atoms with E-state index in [4.69, 9.17) is 9.47 Å². The lowest BCUT2D eigenvalue weighted by molar-refractivity contribution is -0.276. The van der Waals surface area contributed by atoms with Crippen LogP contribution < -0.4 is 10.6 Å². The fourth-order valence-electron chi connectivity index (χ4n) is 6.94. The first-order valence-corrected chi connectivity index (χ1v) is 18.3. The zero-order chi connectivity index (χ0) is 34.4. The molecule has 8 nitrogen and oxygen atoms in total. The van der Waals surface area contributed by atoms with Gasteiger partial charge in [-0.2, -0.15) is 0 Å². The van der Waals surface area contributed by atoms with E-state index in [1.807, 2.05) is 24.3 Å². The van der Waals surface area contributed by atoms with E-state index in [9.17, 15) is 14.7 Å². The smallest absolute Gasteiger partial charge is 0.220 e.